The fraction of sp³-hybridized carbons (Fsp3) is 0.182. The van der Waals surface area contributed by atoms with Gasteiger partial charge >= 0.3 is 5.97 Å². The third-order valence-electron chi connectivity index (χ3n) is 2.34. The molecule has 6 heteroatoms. The van der Waals surface area contributed by atoms with Gasteiger partial charge in [-0.1, -0.05) is 17.7 Å². The van der Waals surface area contributed by atoms with Crippen LogP contribution in [0.3, 0.4) is 0 Å². The first-order valence-electron chi connectivity index (χ1n) is 5.03. The van der Waals surface area contributed by atoms with E-state index >= 15 is 0 Å². The monoisotopic (exact) mass is 249 g/mol. The number of carboxylic acid groups (broad SMARTS) is 1. The molecule has 0 aliphatic rings. The van der Waals surface area contributed by atoms with Crippen LogP contribution in [0.15, 0.2) is 24.3 Å². The number of carboxylic acids is 1. The molecule has 0 unspecified atom stereocenters. The molecule has 2 aromatic rings. The summed E-state index contributed by atoms with van der Waals surface area (Å²) in [5.41, 5.74) is 1.94. The number of aliphatic carboxylic acids is 1. The molecule has 1 aromatic heterocycles. The second-order valence-electron chi connectivity index (χ2n) is 3.69. The van der Waals surface area contributed by atoms with E-state index in [1.807, 2.05) is 31.2 Å². The zero-order valence-corrected chi connectivity index (χ0v) is 9.99. The van der Waals surface area contributed by atoms with Crippen molar-refractivity contribution in [3.05, 3.63) is 40.4 Å². The van der Waals surface area contributed by atoms with Gasteiger partial charge < -0.3 is 5.11 Å². The molecule has 0 atom stereocenters. The molecule has 0 saturated carbocycles. The predicted molar refractivity (Wildman–Crippen MR) is 64.8 cm³/mol. The Kier molecular flexibility index (Phi) is 3.06. The van der Waals surface area contributed by atoms with Crippen LogP contribution in [0.4, 0.5) is 0 Å². The third kappa shape index (κ3) is 2.42. The van der Waals surface area contributed by atoms with Gasteiger partial charge in [0, 0.05) is 5.69 Å². The van der Waals surface area contributed by atoms with E-state index in [1.165, 1.54) is 0 Å². The zero-order valence-electron chi connectivity index (χ0n) is 9.17. The summed E-state index contributed by atoms with van der Waals surface area (Å²) in [4.78, 5) is 10.7. The number of aromatic nitrogens is 3. The standard InChI is InChI=1S/C11H11N3O2S/c1-7-2-4-8(5-3-7)14-9(6-10(15)16)12-13-11(14)17/h2-5H,6H2,1H3,(H,13,17)(H,15,16). The summed E-state index contributed by atoms with van der Waals surface area (Å²) in [5, 5.41) is 15.3. The number of nitrogens with zero attached hydrogens (tertiary/aromatic N) is 2. The fourth-order valence-electron chi connectivity index (χ4n) is 1.54. The maximum absolute atomic E-state index is 10.7. The Labute approximate surface area is 103 Å². The average Bonchev–Trinajstić information content (AvgIpc) is 2.61. The molecule has 88 valence electrons. The lowest BCUT2D eigenvalue weighted by Crippen LogP contribution is -2.08. The minimum Gasteiger partial charge on any atom is -0.481 e. The number of benzene rings is 1. The van der Waals surface area contributed by atoms with Gasteiger partial charge in [0.1, 0.15) is 12.2 Å². The van der Waals surface area contributed by atoms with E-state index in [9.17, 15) is 4.79 Å². The van der Waals surface area contributed by atoms with Gasteiger partial charge in [-0.2, -0.15) is 5.10 Å². The molecule has 1 heterocycles. The van der Waals surface area contributed by atoms with E-state index < -0.39 is 5.97 Å². The summed E-state index contributed by atoms with van der Waals surface area (Å²) in [5.74, 6) is -0.543. The number of aryl methyl sites for hydroxylation is 1. The quantitative estimate of drug-likeness (QED) is 0.815. The molecule has 0 aliphatic carbocycles. The van der Waals surface area contributed by atoms with Crippen molar-refractivity contribution in [2.24, 2.45) is 0 Å². The van der Waals surface area contributed by atoms with Gasteiger partial charge in [-0.15, -0.1) is 0 Å². The van der Waals surface area contributed by atoms with Crippen LogP contribution in [0.5, 0.6) is 0 Å². The average molecular weight is 249 g/mol. The first-order valence-corrected chi connectivity index (χ1v) is 5.44. The van der Waals surface area contributed by atoms with E-state index in [0.717, 1.165) is 11.3 Å². The predicted octanol–water partition coefficient (Wildman–Crippen LogP) is 1.87. The number of nitrogens with one attached hydrogen (secondary N) is 1. The molecular formula is C11H11N3O2S. The zero-order chi connectivity index (χ0) is 12.4. The highest BCUT2D eigenvalue weighted by Crippen LogP contribution is 2.12. The van der Waals surface area contributed by atoms with Gasteiger partial charge in [0.25, 0.3) is 0 Å². The highest BCUT2D eigenvalue weighted by atomic mass is 32.1. The van der Waals surface area contributed by atoms with Gasteiger partial charge in [-0.25, -0.2) is 0 Å². The Hall–Kier alpha value is -1.95. The van der Waals surface area contributed by atoms with Gasteiger partial charge in [0.05, 0.1) is 0 Å². The van der Waals surface area contributed by atoms with Crippen molar-refractivity contribution in [1.29, 1.82) is 0 Å². The lowest BCUT2D eigenvalue weighted by Gasteiger charge is -2.05. The molecule has 5 nitrogen and oxygen atoms in total. The molecule has 2 N–H and O–H groups in total. The van der Waals surface area contributed by atoms with Crippen molar-refractivity contribution in [2.45, 2.75) is 13.3 Å². The second kappa shape index (κ2) is 4.50. The Morgan fingerprint density at radius 1 is 1.47 bits per heavy atom. The smallest absolute Gasteiger partial charge is 0.311 e. The van der Waals surface area contributed by atoms with Crippen LogP contribution >= 0.6 is 12.2 Å². The summed E-state index contributed by atoms with van der Waals surface area (Å²) in [6, 6.07) is 7.64. The van der Waals surface area contributed by atoms with Crippen LogP contribution in [0.2, 0.25) is 0 Å². The van der Waals surface area contributed by atoms with Crippen molar-refractivity contribution < 1.29 is 9.90 Å². The molecule has 0 amide bonds. The molecule has 0 bridgehead atoms. The van der Waals surface area contributed by atoms with E-state index in [-0.39, 0.29) is 6.42 Å². The number of H-pyrrole nitrogens is 1. The van der Waals surface area contributed by atoms with Crippen molar-refractivity contribution in [3.8, 4) is 5.69 Å². The number of carbonyl (C=O) groups is 1. The van der Waals surface area contributed by atoms with Crippen molar-refractivity contribution in [2.75, 3.05) is 0 Å². The van der Waals surface area contributed by atoms with Gasteiger partial charge in [-0.3, -0.25) is 14.5 Å². The molecular weight excluding hydrogens is 238 g/mol. The maximum Gasteiger partial charge on any atom is 0.311 e. The Morgan fingerprint density at radius 2 is 2.12 bits per heavy atom. The lowest BCUT2D eigenvalue weighted by molar-refractivity contribution is -0.136. The Bertz CT molecular complexity index is 598. The summed E-state index contributed by atoms with van der Waals surface area (Å²) in [7, 11) is 0. The molecule has 0 fully saturated rings. The van der Waals surface area contributed by atoms with Crippen LogP contribution in [-0.2, 0) is 11.2 Å². The third-order valence-corrected chi connectivity index (χ3v) is 2.62. The normalized spacial score (nSPS) is 10.4. The lowest BCUT2D eigenvalue weighted by atomic mass is 10.2. The summed E-state index contributed by atoms with van der Waals surface area (Å²) in [6.07, 6.45) is -0.166. The van der Waals surface area contributed by atoms with Crippen molar-refractivity contribution >= 4 is 18.2 Å². The highest BCUT2D eigenvalue weighted by molar-refractivity contribution is 7.71. The molecule has 0 spiro atoms. The van der Waals surface area contributed by atoms with Crippen LogP contribution in [0, 0.1) is 11.7 Å². The van der Waals surface area contributed by atoms with Gasteiger partial charge in [0.15, 0.2) is 4.77 Å². The van der Waals surface area contributed by atoms with E-state index in [0.29, 0.717) is 10.6 Å². The number of aromatic amines is 1. The molecule has 1 aromatic carbocycles. The Morgan fingerprint density at radius 3 is 2.71 bits per heavy atom. The van der Waals surface area contributed by atoms with E-state index in [2.05, 4.69) is 10.2 Å². The molecule has 0 radical (unpaired) electrons. The number of hydrogen-bond donors (Lipinski definition) is 2. The minimum atomic E-state index is -0.938. The van der Waals surface area contributed by atoms with Crippen molar-refractivity contribution in [1.82, 2.24) is 14.8 Å². The second-order valence-corrected chi connectivity index (χ2v) is 4.07. The number of hydrogen-bond acceptors (Lipinski definition) is 3. The molecule has 17 heavy (non-hydrogen) atoms. The van der Waals surface area contributed by atoms with E-state index in [1.54, 1.807) is 4.57 Å². The Balaban J connectivity index is 2.50. The van der Waals surface area contributed by atoms with Crippen molar-refractivity contribution in [3.63, 3.8) is 0 Å². The largest absolute Gasteiger partial charge is 0.481 e. The molecule has 0 aliphatic heterocycles. The summed E-state index contributed by atoms with van der Waals surface area (Å²) in [6.45, 7) is 1.98. The van der Waals surface area contributed by atoms with Crippen LogP contribution in [0.1, 0.15) is 11.4 Å². The fourth-order valence-corrected chi connectivity index (χ4v) is 1.80. The topological polar surface area (TPSA) is 70.9 Å². The van der Waals surface area contributed by atoms with Crippen LogP contribution < -0.4 is 0 Å². The number of rotatable bonds is 3. The van der Waals surface area contributed by atoms with E-state index in [4.69, 9.17) is 17.3 Å². The first-order chi connectivity index (χ1) is 8.08. The summed E-state index contributed by atoms with van der Waals surface area (Å²) >= 11 is 5.09. The van der Waals surface area contributed by atoms with Crippen LogP contribution in [0.25, 0.3) is 5.69 Å². The highest BCUT2D eigenvalue weighted by Gasteiger charge is 2.11. The SMILES string of the molecule is Cc1ccc(-n2c(CC(=O)O)n[nH]c2=S)cc1. The molecule has 0 saturated heterocycles. The molecule has 2 rings (SSSR count). The van der Waals surface area contributed by atoms with Gasteiger partial charge in [-0.05, 0) is 31.3 Å². The minimum absolute atomic E-state index is 0.166. The maximum atomic E-state index is 10.7. The first kappa shape index (κ1) is 11.5. The summed E-state index contributed by atoms with van der Waals surface area (Å²) < 4.78 is 2.02. The van der Waals surface area contributed by atoms with Gasteiger partial charge in [0.2, 0.25) is 0 Å². The van der Waals surface area contributed by atoms with Crippen LogP contribution in [-0.4, -0.2) is 25.8 Å².